The molecule has 18 heavy (non-hydrogen) atoms. The molecule has 1 aromatic heterocycles. The minimum absolute atomic E-state index is 0.226. The van der Waals surface area contributed by atoms with Gasteiger partial charge in [-0.2, -0.15) is 0 Å². The highest BCUT2D eigenvalue weighted by Gasteiger charge is 2.23. The van der Waals surface area contributed by atoms with E-state index in [-0.39, 0.29) is 5.56 Å². The van der Waals surface area contributed by atoms with Gasteiger partial charge in [0.15, 0.2) is 0 Å². The first-order chi connectivity index (χ1) is 8.56. The molecule has 0 aromatic carbocycles. The second kappa shape index (κ2) is 5.69. The third kappa shape index (κ3) is 3.22. The molecule has 0 amide bonds. The zero-order chi connectivity index (χ0) is 13.1. The molecule has 0 bridgehead atoms. The maximum absolute atomic E-state index is 11.1. The van der Waals surface area contributed by atoms with E-state index in [2.05, 4.69) is 16.9 Å². The number of aryl methyl sites for hydroxylation is 1. The Kier molecular flexibility index (Phi) is 4.22. The number of hydrogen-bond acceptors (Lipinski definition) is 4. The third-order valence-electron chi connectivity index (χ3n) is 3.27. The van der Waals surface area contributed by atoms with Crippen LogP contribution < -0.4 is 0 Å². The molecule has 0 spiro atoms. The molecule has 1 saturated carbocycles. The summed E-state index contributed by atoms with van der Waals surface area (Å²) in [6, 6.07) is 0. The van der Waals surface area contributed by atoms with Crippen LogP contribution in [0.25, 0.3) is 0 Å². The molecule has 0 saturated heterocycles. The zero-order valence-electron chi connectivity index (χ0n) is 10.7. The van der Waals surface area contributed by atoms with E-state index in [4.69, 9.17) is 5.11 Å². The fraction of sp³-hybridized carbons (Fsp3) is 0.615. The van der Waals surface area contributed by atoms with Gasteiger partial charge in [-0.15, -0.1) is 11.8 Å². The van der Waals surface area contributed by atoms with Crippen LogP contribution in [0.15, 0.2) is 11.2 Å². The summed E-state index contributed by atoms with van der Waals surface area (Å²) in [6.07, 6.45) is 6.22. The Morgan fingerprint density at radius 3 is 2.94 bits per heavy atom. The monoisotopic (exact) mass is 266 g/mol. The number of nitrogens with zero attached hydrogens (tertiary/aromatic N) is 2. The van der Waals surface area contributed by atoms with Crippen LogP contribution in [0.1, 0.15) is 48.8 Å². The first-order valence-electron chi connectivity index (χ1n) is 6.30. The van der Waals surface area contributed by atoms with Gasteiger partial charge >= 0.3 is 5.97 Å². The van der Waals surface area contributed by atoms with Crippen LogP contribution in [0.2, 0.25) is 0 Å². The number of carbonyl (C=O) groups is 1. The highest BCUT2D eigenvalue weighted by atomic mass is 32.2. The van der Waals surface area contributed by atoms with Crippen molar-refractivity contribution in [2.45, 2.75) is 49.8 Å². The molecule has 1 heterocycles. The maximum Gasteiger partial charge on any atom is 0.340 e. The lowest BCUT2D eigenvalue weighted by Crippen LogP contribution is -2.16. The number of thioether (sulfide) groups is 1. The lowest BCUT2D eigenvalue weighted by atomic mass is 9.91. The van der Waals surface area contributed by atoms with Crippen molar-refractivity contribution in [3.63, 3.8) is 0 Å². The van der Waals surface area contributed by atoms with E-state index < -0.39 is 5.97 Å². The van der Waals surface area contributed by atoms with Gasteiger partial charge in [0.2, 0.25) is 0 Å². The van der Waals surface area contributed by atoms with Gasteiger partial charge in [-0.05, 0) is 25.7 Å². The van der Waals surface area contributed by atoms with Gasteiger partial charge < -0.3 is 5.11 Å². The second-order valence-corrected chi connectivity index (χ2v) is 6.24. The Morgan fingerprint density at radius 1 is 1.50 bits per heavy atom. The van der Waals surface area contributed by atoms with Crippen molar-refractivity contribution in [3.8, 4) is 0 Å². The quantitative estimate of drug-likeness (QED) is 0.851. The van der Waals surface area contributed by atoms with Crippen LogP contribution in [-0.4, -0.2) is 26.3 Å². The largest absolute Gasteiger partial charge is 0.478 e. The van der Waals surface area contributed by atoms with Crippen molar-refractivity contribution in [1.82, 2.24) is 9.97 Å². The normalized spacial score (nSPS) is 23.9. The Hall–Kier alpha value is -1.10. The smallest absolute Gasteiger partial charge is 0.340 e. The predicted octanol–water partition coefficient (Wildman–Crippen LogP) is 3.15. The zero-order valence-corrected chi connectivity index (χ0v) is 11.5. The molecule has 5 heteroatoms. The SMILES string of the molecule is Cc1ncc(C(=O)O)c(SC2CCCC(C)C2)n1. The highest BCUT2D eigenvalue weighted by Crippen LogP contribution is 2.36. The maximum atomic E-state index is 11.1. The highest BCUT2D eigenvalue weighted by molar-refractivity contribution is 7.99. The molecule has 2 atom stereocenters. The summed E-state index contributed by atoms with van der Waals surface area (Å²) < 4.78 is 0. The molecule has 0 radical (unpaired) electrons. The average molecular weight is 266 g/mol. The fourth-order valence-corrected chi connectivity index (χ4v) is 3.81. The van der Waals surface area contributed by atoms with Crippen molar-refractivity contribution in [3.05, 3.63) is 17.6 Å². The first kappa shape index (κ1) is 13.3. The molecule has 4 nitrogen and oxygen atoms in total. The summed E-state index contributed by atoms with van der Waals surface area (Å²) >= 11 is 1.61. The summed E-state index contributed by atoms with van der Waals surface area (Å²) in [4.78, 5) is 19.4. The predicted molar refractivity (Wildman–Crippen MR) is 71.0 cm³/mol. The molecule has 2 rings (SSSR count). The van der Waals surface area contributed by atoms with E-state index in [1.165, 1.54) is 19.0 Å². The third-order valence-corrected chi connectivity index (χ3v) is 4.57. The van der Waals surface area contributed by atoms with Crippen LogP contribution in [0, 0.1) is 12.8 Å². The molecule has 1 aromatic rings. The Bertz CT molecular complexity index is 451. The van der Waals surface area contributed by atoms with Crippen LogP contribution in [0.5, 0.6) is 0 Å². The van der Waals surface area contributed by atoms with E-state index in [9.17, 15) is 4.79 Å². The minimum atomic E-state index is -0.943. The van der Waals surface area contributed by atoms with Crippen molar-refractivity contribution in [1.29, 1.82) is 0 Å². The molecule has 1 fully saturated rings. The summed E-state index contributed by atoms with van der Waals surface area (Å²) in [5.41, 5.74) is 0.226. The summed E-state index contributed by atoms with van der Waals surface area (Å²) in [6.45, 7) is 4.05. The van der Waals surface area contributed by atoms with E-state index >= 15 is 0 Å². The number of hydrogen-bond donors (Lipinski definition) is 1. The lowest BCUT2D eigenvalue weighted by molar-refractivity contribution is 0.0691. The van der Waals surface area contributed by atoms with Gasteiger partial charge in [-0.1, -0.05) is 19.8 Å². The molecule has 1 N–H and O–H groups in total. The van der Waals surface area contributed by atoms with Crippen LogP contribution >= 0.6 is 11.8 Å². The second-order valence-electron chi connectivity index (χ2n) is 4.95. The van der Waals surface area contributed by atoms with Gasteiger partial charge in [0.05, 0.1) is 0 Å². The summed E-state index contributed by atoms with van der Waals surface area (Å²) in [5, 5.41) is 10.3. The number of carboxylic acid groups (broad SMARTS) is 1. The Morgan fingerprint density at radius 2 is 2.28 bits per heavy atom. The van der Waals surface area contributed by atoms with Crippen molar-refractivity contribution < 1.29 is 9.90 Å². The van der Waals surface area contributed by atoms with Crippen molar-refractivity contribution >= 4 is 17.7 Å². The fourth-order valence-electron chi connectivity index (χ4n) is 2.33. The average Bonchev–Trinajstić information content (AvgIpc) is 2.28. The molecule has 0 aliphatic heterocycles. The molecule has 98 valence electrons. The molecular weight excluding hydrogens is 248 g/mol. The van der Waals surface area contributed by atoms with Gasteiger partial charge in [0.1, 0.15) is 16.4 Å². The molecule has 2 unspecified atom stereocenters. The van der Waals surface area contributed by atoms with Crippen LogP contribution in [0.3, 0.4) is 0 Å². The van der Waals surface area contributed by atoms with Gasteiger partial charge in [0.25, 0.3) is 0 Å². The number of carboxylic acids is 1. The van der Waals surface area contributed by atoms with Crippen molar-refractivity contribution in [2.75, 3.05) is 0 Å². The van der Waals surface area contributed by atoms with Crippen LogP contribution in [0.4, 0.5) is 0 Å². The minimum Gasteiger partial charge on any atom is -0.478 e. The Balaban J connectivity index is 2.16. The van der Waals surface area contributed by atoms with E-state index in [0.29, 0.717) is 16.1 Å². The summed E-state index contributed by atoms with van der Waals surface area (Å²) in [7, 11) is 0. The number of aromatic carboxylic acids is 1. The summed E-state index contributed by atoms with van der Waals surface area (Å²) in [5.74, 6) is 0.417. The molecular formula is C13H18N2O2S. The van der Waals surface area contributed by atoms with Gasteiger partial charge in [-0.3, -0.25) is 0 Å². The molecule has 1 aliphatic carbocycles. The number of aromatic nitrogens is 2. The van der Waals surface area contributed by atoms with Gasteiger partial charge in [-0.25, -0.2) is 14.8 Å². The standard InChI is InChI=1S/C13H18N2O2S/c1-8-4-3-5-10(6-8)18-12-11(13(16)17)7-14-9(2)15-12/h7-8,10H,3-6H2,1-2H3,(H,16,17). The van der Waals surface area contributed by atoms with E-state index in [0.717, 1.165) is 18.8 Å². The lowest BCUT2D eigenvalue weighted by Gasteiger charge is -2.26. The van der Waals surface area contributed by atoms with E-state index in [1.54, 1.807) is 18.7 Å². The molecule has 1 aliphatic rings. The Labute approximate surface area is 111 Å². The topological polar surface area (TPSA) is 63.1 Å². The first-order valence-corrected chi connectivity index (χ1v) is 7.18. The van der Waals surface area contributed by atoms with Crippen LogP contribution in [-0.2, 0) is 0 Å². The number of rotatable bonds is 3. The van der Waals surface area contributed by atoms with Gasteiger partial charge in [0, 0.05) is 11.4 Å². The van der Waals surface area contributed by atoms with E-state index in [1.807, 2.05) is 0 Å². The van der Waals surface area contributed by atoms with Crippen molar-refractivity contribution in [2.24, 2.45) is 5.92 Å².